The number of esters is 1. The van der Waals surface area contributed by atoms with Crippen LogP contribution in [0.2, 0.25) is 0 Å². The van der Waals surface area contributed by atoms with E-state index in [1.54, 1.807) is 36.4 Å². The van der Waals surface area contributed by atoms with E-state index in [9.17, 15) is 27.6 Å². The first kappa shape index (κ1) is 25.0. The van der Waals surface area contributed by atoms with Gasteiger partial charge in [0.2, 0.25) is 0 Å². The Morgan fingerprint density at radius 1 is 0.914 bits per heavy atom. The van der Waals surface area contributed by atoms with E-state index in [0.29, 0.717) is 17.4 Å². The summed E-state index contributed by atoms with van der Waals surface area (Å²) in [4.78, 5) is 36.1. The van der Waals surface area contributed by atoms with E-state index in [4.69, 9.17) is 9.47 Å². The van der Waals surface area contributed by atoms with Crippen molar-refractivity contribution in [3.63, 3.8) is 0 Å². The lowest BCUT2D eigenvalue weighted by atomic mass is 10.2. The summed E-state index contributed by atoms with van der Waals surface area (Å²) in [5.74, 6) is -2.36. The van der Waals surface area contributed by atoms with E-state index in [1.165, 1.54) is 31.5 Å². The van der Waals surface area contributed by atoms with Crippen molar-refractivity contribution < 1.29 is 37.0 Å². The molecule has 0 aliphatic rings. The Balaban J connectivity index is 1.53. The Labute approximate surface area is 197 Å². The molecule has 180 valence electrons. The predicted octanol–water partition coefficient (Wildman–Crippen LogP) is 4.02. The standard InChI is InChI=1S/C24H18F3N3O5/c1-34-20-8-3-2-7-19(20)23(33)35-18-11-9-15(10-12-18)14-28-30-22(32)21(31)29-17-6-4-5-16(13-17)24(25,26)27/h2-14H,1H3,(H,29,31)(H,30,32)/b28-14+. The Morgan fingerprint density at radius 3 is 2.31 bits per heavy atom. The largest absolute Gasteiger partial charge is 0.496 e. The number of hydrazone groups is 1. The molecule has 2 amide bonds. The number of carbonyl (C=O) groups is 3. The molecule has 3 aromatic carbocycles. The van der Waals surface area contributed by atoms with Crippen LogP contribution in [0.25, 0.3) is 0 Å². The van der Waals surface area contributed by atoms with Crippen molar-refractivity contribution in [1.82, 2.24) is 5.43 Å². The highest BCUT2D eigenvalue weighted by Crippen LogP contribution is 2.30. The van der Waals surface area contributed by atoms with Gasteiger partial charge in [0, 0.05) is 5.69 Å². The van der Waals surface area contributed by atoms with Crippen LogP contribution in [-0.2, 0) is 15.8 Å². The fourth-order valence-corrected chi connectivity index (χ4v) is 2.77. The highest BCUT2D eigenvalue weighted by molar-refractivity contribution is 6.39. The van der Waals surface area contributed by atoms with E-state index in [1.807, 2.05) is 5.43 Å². The normalized spacial score (nSPS) is 11.1. The van der Waals surface area contributed by atoms with Gasteiger partial charge in [-0.05, 0) is 60.2 Å². The average Bonchev–Trinajstić information content (AvgIpc) is 2.84. The molecule has 0 aromatic heterocycles. The second-order valence-corrected chi connectivity index (χ2v) is 6.89. The molecule has 3 rings (SSSR count). The van der Waals surface area contributed by atoms with Crippen molar-refractivity contribution in [3.8, 4) is 11.5 Å². The highest BCUT2D eigenvalue weighted by atomic mass is 19.4. The maximum atomic E-state index is 12.7. The fourth-order valence-electron chi connectivity index (χ4n) is 2.77. The van der Waals surface area contributed by atoms with Crippen LogP contribution in [0.1, 0.15) is 21.5 Å². The summed E-state index contributed by atoms with van der Waals surface area (Å²) in [5, 5.41) is 5.70. The molecule has 0 saturated carbocycles. The summed E-state index contributed by atoms with van der Waals surface area (Å²) in [6, 6.07) is 16.5. The minimum absolute atomic E-state index is 0.192. The van der Waals surface area contributed by atoms with Gasteiger partial charge in [-0.1, -0.05) is 18.2 Å². The fraction of sp³-hybridized carbons (Fsp3) is 0.0833. The third-order valence-corrected chi connectivity index (χ3v) is 4.45. The molecule has 11 heteroatoms. The Hall–Kier alpha value is -4.67. The third-order valence-electron chi connectivity index (χ3n) is 4.45. The van der Waals surface area contributed by atoms with Crippen LogP contribution in [0.4, 0.5) is 18.9 Å². The highest BCUT2D eigenvalue weighted by Gasteiger charge is 2.30. The first-order chi connectivity index (χ1) is 16.7. The zero-order valence-corrected chi connectivity index (χ0v) is 18.1. The van der Waals surface area contributed by atoms with Crippen LogP contribution in [0.3, 0.4) is 0 Å². The maximum Gasteiger partial charge on any atom is 0.416 e. The maximum absolute atomic E-state index is 12.7. The van der Waals surface area contributed by atoms with Crippen LogP contribution in [0, 0.1) is 0 Å². The van der Waals surface area contributed by atoms with E-state index < -0.39 is 29.5 Å². The van der Waals surface area contributed by atoms with Gasteiger partial charge in [0.05, 0.1) is 18.9 Å². The summed E-state index contributed by atoms with van der Waals surface area (Å²) in [6.45, 7) is 0. The van der Waals surface area contributed by atoms with Gasteiger partial charge in [0.1, 0.15) is 17.1 Å². The van der Waals surface area contributed by atoms with E-state index in [2.05, 4.69) is 10.4 Å². The summed E-state index contributed by atoms with van der Waals surface area (Å²) >= 11 is 0. The molecule has 0 fully saturated rings. The molecule has 0 aliphatic heterocycles. The minimum Gasteiger partial charge on any atom is -0.496 e. The quantitative estimate of drug-likeness (QED) is 0.180. The van der Waals surface area contributed by atoms with Crippen LogP contribution < -0.4 is 20.2 Å². The van der Waals surface area contributed by atoms with Crippen molar-refractivity contribution >= 4 is 29.7 Å². The van der Waals surface area contributed by atoms with Crippen molar-refractivity contribution in [2.45, 2.75) is 6.18 Å². The number of halogens is 3. The van der Waals surface area contributed by atoms with Crippen molar-refractivity contribution in [1.29, 1.82) is 0 Å². The zero-order chi connectivity index (χ0) is 25.4. The number of benzene rings is 3. The van der Waals surface area contributed by atoms with Gasteiger partial charge < -0.3 is 14.8 Å². The number of anilines is 1. The molecule has 0 spiro atoms. The van der Waals surface area contributed by atoms with Crippen LogP contribution in [0.15, 0.2) is 77.9 Å². The number of ether oxygens (including phenoxy) is 2. The summed E-state index contributed by atoms with van der Waals surface area (Å²) in [5.41, 5.74) is 1.57. The molecule has 0 aliphatic carbocycles. The van der Waals surface area contributed by atoms with E-state index in [-0.39, 0.29) is 17.0 Å². The molecular formula is C24H18F3N3O5. The second-order valence-electron chi connectivity index (χ2n) is 6.89. The number of hydrogen-bond acceptors (Lipinski definition) is 6. The number of hydrogen-bond donors (Lipinski definition) is 2. The summed E-state index contributed by atoms with van der Waals surface area (Å²) in [6.07, 6.45) is -3.36. The number of amides is 2. The number of carbonyl (C=O) groups excluding carboxylic acids is 3. The molecule has 0 unspecified atom stereocenters. The minimum atomic E-state index is -4.59. The number of rotatable bonds is 6. The Bertz CT molecular complexity index is 1260. The van der Waals surface area contributed by atoms with Crippen LogP contribution in [-0.4, -0.2) is 31.1 Å². The van der Waals surface area contributed by atoms with Crippen molar-refractivity contribution in [3.05, 3.63) is 89.5 Å². The first-order valence-corrected chi connectivity index (χ1v) is 9.94. The van der Waals surface area contributed by atoms with E-state index >= 15 is 0 Å². The number of methoxy groups -OCH3 is 1. The third kappa shape index (κ3) is 6.90. The van der Waals surface area contributed by atoms with Crippen LogP contribution in [0.5, 0.6) is 11.5 Å². The molecule has 8 nitrogen and oxygen atoms in total. The zero-order valence-electron chi connectivity index (χ0n) is 18.1. The second kappa shape index (κ2) is 11.0. The topological polar surface area (TPSA) is 106 Å². The number of alkyl halides is 3. The SMILES string of the molecule is COc1ccccc1C(=O)Oc1ccc(/C=N/NC(=O)C(=O)Nc2cccc(C(F)(F)F)c2)cc1. The summed E-state index contributed by atoms with van der Waals surface area (Å²) in [7, 11) is 1.44. The van der Waals surface area contributed by atoms with Gasteiger partial charge in [0.25, 0.3) is 0 Å². The lowest BCUT2D eigenvalue weighted by molar-refractivity contribution is -0.137. The Morgan fingerprint density at radius 2 is 1.63 bits per heavy atom. The van der Waals surface area contributed by atoms with Gasteiger partial charge >= 0.3 is 24.0 Å². The molecule has 35 heavy (non-hydrogen) atoms. The molecule has 3 aromatic rings. The van der Waals surface area contributed by atoms with Crippen molar-refractivity contribution in [2.75, 3.05) is 12.4 Å². The molecular weight excluding hydrogens is 467 g/mol. The van der Waals surface area contributed by atoms with Gasteiger partial charge in [-0.2, -0.15) is 18.3 Å². The van der Waals surface area contributed by atoms with Gasteiger partial charge in [-0.3, -0.25) is 9.59 Å². The lowest BCUT2D eigenvalue weighted by Crippen LogP contribution is -2.32. The van der Waals surface area contributed by atoms with Gasteiger partial charge in [0.15, 0.2) is 0 Å². The van der Waals surface area contributed by atoms with Crippen molar-refractivity contribution in [2.24, 2.45) is 5.10 Å². The number of nitrogens with zero attached hydrogens (tertiary/aromatic N) is 1. The smallest absolute Gasteiger partial charge is 0.416 e. The molecule has 2 N–H and O–H groups in total. The molecule has 0 heterocycles. The van der Waals surface area contributed by atoms with E-state index in [0.717, 1.165) is 12.1 Å². The lowest BCUT2D eigenvalue weighted by Gasteiger charge is -2.09. The predicted molar refractivity (Wildman–Crippen MR) is 120 cm³/mol. The molecule has 0 atom stereocenters. The molecule has 0 saturated heterocycles. The van der Waals surface area contributed by atoms with Crippen LogP contribution >= 0.6 is 0 Å². The average molecular weight is 485 g/mol. The monoisotopic (exact) mass is 485 g/mol. The number of nitrogens with one attached hydrogen (secondary N) is 2. The number of para-hydroxylation sites is 1. The molecule has 0 bridgehead atoms. The first-order valence-electron chi connectivity index (χ1n) is 9.94. The summed E-state index contributed by atoms with van der Waals surface area (Å²) < 4.78 is 48.7. The Kier molecular flexibility index (Phi) is 7.82. The van der Waals surface area contributed by atoms with Gasteiger partial charge in [-0.25, -0.2) is 10.2 Å². The van der Waals surface area contributed by atoms with Gasteiger partial charge in [-0.15, -0.1) is 0 Å². The molecule has 0 radical (unpaired) electrons.